The first-order valence-corrected chi connectivity index (χ1v) is 3.63. The number of aliphatic hydroxyl groups excluding tert-OH is 1. The van der Waals surface area contributed by atoms with Gasteiger partial charge in [0.1, 0.15) is 0 Å². The molecule has 0 rings (SSSR count). The Hall–Kier alpha value is 0.650. The van der Waals surface area contributed by atoms with Gasteiger partial charge in [-0.1, -0.05) is 26.2 Å². The molecular formula is C7H17IO2. The van der Waals surface area contributed by atoms with E-state index in [9.17, 15) is 0 Å². The molecule has 0 aliphatic rings. The van der Waals surface area contributed by atoms with Crippen molar-refractivity contribution in [1.82, 2.24) is 0 Å². The Labute approximate surface area is 79.7 Å². The smallest absolute Gasteiger partial charge is 0.151 e. The summed E-state index contributed by atoms with van der Waals surface area (Å²) in [5, 5.41) is 16.8. The van der Waals surface area contributed by atoms with Crippen LogP contribution in [-0.2, 0) is 0 Å². The summed E-state index contributed by atoms with van der Waals surface area (Å²) in [5.74, 6) is 0. The number of hydrogen-bond donors (Lipinski definition) is 2. The molecule has 0 aromatic carbocycles. The standard InChI is InChI=1S/C7H16O2.HI/c1-2-3-4-5-6-7(8)9;/h7-9H,2-6H2,1H3;1H. The minimum atomic E-state index is -1.10. The molecule has 2 nitrogen and oxygen atoms in total. The van der Waals surface area contributed by atoms with Crippen LogP contribution in [0.2, 0.25) is 0 Å². The fourth-order valence-electron chi connectivity index (χ4n) is 0.754. The molecule has 0 aromatic rings. The zero-order valence-electron chi connectivity index (χ0n) is 6.42. The average Bonchev–Trinajstić information content (AvgIpc) is 1.80. The van der Waals surface area contributed by atoms with E-state index in [1.54, 1.807) is 0 Å². The second kappa shape index (κ2) is 9.65. The number of aliphatic hydroxyl groups is 2. The van der Waals surface area contributed by atoms with Gasteiger partial charge in [-0.25, -0.2) is 0 Å². The molecule has 0 saturated carbocycles. The lowest BCUT2D eigenvalue weighted by Crippen LogP contribution is -2.02. The van der Waals surface area contributed by atoms with Crippen LogP contribution in [0.1, 0.15) is 39.0 Å². The largest absolute Gasteiger partial charge is 0.368 e. The second-order valence-electron chi connectivity index (χ2n) is 2.33. The summed E-state index contributed by atoms with van der Waals surface area (Å²) in [7, 11) is 0. The molecular weight excluding hydrogens is 243 g/mol. The molecule has 0 amide bonds. The van der Waals surface area contributed by atoms with E-state index < -0.39 is 6.29 Å². The van der Waals surface area contributed by atoms with E-state index >= 15 is 0 Å². The van der Waals surface area contributed by atoms with Gasteiger partial charge in [0.25, 0.3) is 0 Å². The van der Waals surface area contributed by atoms with Crippen molar-refractivity contribution in [1.29, 1.82) is 0 Å². The van der Waals surface area contributed by atoms with Gasteiger partial charge in [0, 0.05) is 0 Å². The van der Waals surface area contributed by atoms with Crippen molar-refractivity contribution in [2.24, 2.45) is 0 Å². The highest BCUT2D eigenvalue weighted by Crippen LogP contribution is 2.03. The van der Waals surface area contributed by atoms with Crippen molar-refractivity contribution in [3.05, 3.63) is 0 Å². The van der Waals surface area contributed by atoms with Crippen LogP contribution in [0.5, 0.6) is 0 Å². The molecule has 0 aliphatic carbocycles. The Morgan fingerprint density at radius 1 is 1.10 bits per heavy atom. The van der Waals surface area contributed by atoms with Gasteiger partial charge >= 0.3 is 0 Å². The molecule has 0 bridgehead atoms. The fraction of sp³-hybridized carbons (Fsp3) is 1.00. The first-order chi connectivity index (χ1) is 4.27. The molecule has 10 heavy (non-hydrogen) atoms. The van der Waals surface area contributed by atoms with Crippen molar-refractivity contribution in [2.45, 2.75) is 45.3 Å². The average molecular weight is 260 g/mol. The van der Waals surface area contributed by atoms with Crippen LogP contribution < -0.4 is 0 Å². The van der Waals surface area contributed by atoms with Crippen LogP contribution in [-0.4, -0.2) is 16.5 Å². The minimum absolute atomic E-state index is 0. The molecule has 0 atom stereocenters. The van der Waals surface area contributed by atoms with Crippen LogP contribution in [0, 0.1) is 0 Å². The Bertz CT molecular complexity index is 57.6. The van der Waals surface area contributed by atoms with Gasteiger partial charge in [-0.05, 0) is 12.8 Å². The van der Waals surface area contributed by atoms with Crippen molar-refractivity contribution in [2.75, 3.05) is 0 Å². The summed E-state index contributed by atoms with van der Waals surface area (Å²) >= 11 is 0. The Kier molecular flexibility index (Phi) is 12.8. The first-order valence-electron chi connectivity index (χ1n) is 3.63. The van der Waals surface area contributed by atoms with E-state index in [0.29, 0.717) is 6.42 Å². The molecule has 64 valence electrons. The number of hydrogen-bond acceptors (Lipinski definition) is 2. The SMILES string of the molecule is CCCCCCC(O)O.I. The fourth-order valence-corrected chi connectivity index (χ4v) is 0.754. The molecule has 0 heterocycles. The van der Waals surface area contributed by atoms with Crippen LogP contribution >= 0.6 is 24.0 Å². The van der Waals surface area contributed by atoms with E-state index in [4.69, 9.17) is 10.2 Å². The number of rotatable bonds is 5. The Balaban J connectivity index is 0. The van der Waals surface area contributed by atoms with E-state index in [1.165, 1.54) is 12.8 Å². The van der Waals surface area contributed by atoms with Gasteiger partial charge in [-0.3, -0.25) is 0 Å². The van der Waals surface area contributed by atoms with Gasteiger partial charge in [0.05, 0.1) is 0 Å². The summed E-state index contributed by atoms with van der Waals surface area (Å²) in [6.45, 7) is 2.13. The van der Waals surface area contributed by atoms with Crippen molar-refractivity contribution in [3.8, 4) is 0 Å². The van der Waals surface area contributed by atoms with Crippen LogP contribution in [0.4, 0.5) is 0 Å². The summed E-state index contributed by atoms with van der Waals surface area (Å²) in [6.07, 6.45) is 3.88. The van der Waals surface area contributed by atoms with Gasteiger partial charge in [-0.15, -0.1) is 24.0 Å². The molecule has 0 radical (unpaired) electrons. The van der Waals surface area contributed by atoms with Gasteiger partial charge in [-0.2, -0.15) is 0 Å². The lowest BCUT2D eigenvalue weighted by molar-refractivity contribution is -0.0465. The highest BCUT2D eigenvalue weighted by Gasteiger charge is 1.94. The van der Waals surface area contributed by atoms with E-state index in [-0.39, 0.29) is 24.0 Å². The molecule has 2 N–H and O–H groups in total. The molecule has 0 aromatic heterocycles. The van der Waals surface area contributed by atoms with Crippen LogP contribution in [0.25, 0.3) is 0 Å². The summed E-state index contributed by atoms with van der Waals surface area (Å²) in [6, 6.07) is 0. The van der Waals surface area contributed by atoms with Crippen molar-refractivity contribution >= 4 is 24.0 Å². The van der Waals surface area contributed by atoms with Gasteiger partial charge < -0.3 is 10.2 Å². The summed E-state index contributed by atoms with van der Waals surface area (Å²) in [4.78, 5) is 0. The molecule has 0 saturated heterocycles. The lowest BCUT2D eigenvalue weighted by Gasteiger charge is -2.00. The van der Waals surface area contributed by atoms with Gasteiger partial charge in [0.15, 0.2) is 6.29 Å². The maximum atomic E-state index is 8.41. The van der Waals surface area contributed by atoms with E-state index in [0.717, 1.165) is 12.8 Å². The third-order valence-corrected chi connectivity index (χ3v) is 1.32. The summed E-state index contributed by atoms with van der Waals surface area (Å²) < 4.78 is 0. The highest BCUT2D eigenvalue weighted by molar-refractivity contribution is 14.0. The molecule has 0 fully saturated rings. The normalized spacial score (nSPS) is 9.60. The zero-order valence-corrected chi connectivity index (χ0v) is 8.75. The van der Waals surface area contributed by atoms with E-state index in [2.05, 4.69) is 6.92 Å². The third-order valence-electron chi connectivity index (χ3n) is 1.32. The van der Waals surface area contributed by atoms with Crippen molar-refractivity contribution in [3.63, 3.8) is 0 Å². The topological polar surface area (TPSA) is 40.5 Å². The number of unbranched alkanes of at least 4 members (excludes halogenated alkanes) is 3. The minimum Gasteiger partial charge on any atom is -0.368 e. The predicted octanol–water partition coefficient (Wildman–Crippen LogP) is 1.89. The van der Waals surface area contributed by atoms with E-state index in [1.807, 2.05) is 0 Å². The Morgan fingerprint density at radius 2 is 1.70 bits per heavy atom. The maximum absolute atomic E-state index is 8.41. The molecule has 0 unspecified atom stereocenters. The zero-order chi connectivity index (χ0) is 7.11. The quantitative estimate of drug-likeness (QED) is 0.450. The third kappa shape index (κ3) is 11.4. The van der Waals surface area contributed by atoms with Gasteiger partial charge in [0.2, 0.25) is 0 Å². The maximum Gasteiger partial charge on any atom is 0.151 e. The Morgan fingerprint density at radius 3 is 2.10 bits per heavy atom. The van der Waals surface area contributed by atoms with Crippen molar-refractivity contribution < 1.29 is 10.2 Å². The highest BCUT2D eigenvalue weighted by atomic mass is 127. The number of halogens is 1. The summed E-state index contributed by atoms with van der Waals surface area (Å²) in [5.41, 5.74) is 0. The molecule has 0 aliphatic heterocycles. The molecule has 0 spiro atoms. The second-order valence-corrected chi connectivity index (χ2v) is 2.33. The predicted molar refractivity (Wildman–Crippen MR) is 52.4 cm³/mol. The first kappa shape index (κ1) is 13.3. The van der Waals surface area contributed by atoms with Crippen LogP contribution in [0.3, 0.4) is 0 Å². The monoisotopic (exact) mass is 260 g/mol. The molecule has 3 heteroatoms. The van der Waals surface area contributed by atoms with Crippen LogP contribution in [0.15, 0.2) is 0 Å². The lowest BCUT2D eigenvalue weighted by atomic mass is 10.1.